The summed E-state index contributed by atoms with van der Waals surface area (Å²) in [5.74, 6) is 0.623. The van der Waals surface area contributed by atoms with Gasteiger partial charge in [0.2, 0.25) is 0 Å². The third-order valence-electron chi connectivity index (χ3n) is 5.00. The molecular weight excluding hydrogens is 362 g/mol. The lowest BCUT2D eigenvalue weighted by atomic mass is 9.80. The number of ether oxygens (including phenoxy) is 2. The van der Waals surface area contributed by atoms with Crippen LogP contribution >= 0.6 is 0 Å². The van der Waals surface area contributed by atoms with Crippen molar-refractivity contribution >= 4 is 17.8 Å². The summed E-state index contributed by atoms with van der Waals surface area (Å²) in [5, 5.41) is 12.6. The number of amides is 2. The molecule has 9 heteroatoms. The second-order valence-electron chi connectivity index (χ2n) is 7.07. The normalized spacial score (nSPS) is 23.6. The largest absolute Gasteiger partial charge is 0.446 e. The van der Waals surface area contributed by atoms with Crippen LogP contribution in [0.25, 0.3) is 0 Å². The molecule has 3 N–H and O–H groups in total. The van der Waals surface area contributed by atoms with E-state index >= 15 is 0 Å². The van der Waals surface area contributed by atoms with Crippen molar-refractivity contribution in [1.82, 2.24) is 20.5 Å². The molecule has 0 aromatic carbocycles. The minimum atomic E-state index is -0.444. The van der Waals surface area contributed by atoms with Crippen molar-refractivity contribution in [2.75, 3.05) is 11.9 Å². The summed E-state index contributed by atoms with van der Waals surface area (Å²) >= 11 is 0. The number of hydrogen-bond acceptors (Lipinski definition) is 6. The second-order valence-corrected chi connectivity index (χ2v) is 7.07. The smallest absolute Gasteiger partial charge is 0.407 e. The summed E-state index contributed by atoms with van der Waals surface area (Å²) in [5.41, 5.74) is 1.64. The Balaban J connectivity index is 1.18. The molecule has 1 aliphatic carbocycles. The predicted octanol–water partition coefficient (Wildman–Crippen LogP) is 2.09. The van der Waals surface area contributed by atoms with Gasteiger partial charge in [-0.15, -0.1) is 0 Å². The van der Waals surface area contributed by atoms with Crippen LogP contribution in [-0.4, -0.2) is 46.0 Å². The topological polar surface area (TPSA) is 118 Å². The average molecular weight is 385 g/mol. The van der Waals surface area contributed by atoms with Crippen LogP contribution in [-0.2, 0) is 20.8 Å². The van der Waals surface area contributed by atoms with Crippen molar-refractivity contribution in [3.05, 3.63) is 41.9 Å². The Kier molecular flexibility index (Phi) is 5.52. The molecule has 1 aliphatic heterocycles. The first-order valence-corrected chi connectivity index (χ1v) is 9.49. The summed E-state index contributed by atoms with van der Waals surface area (Å²) in [4.78, 5) is 28.1. The number of carbonyl (C=O) groups is 2. The van der Waals surface area contributed by atoms with Crippen molar-refractivity contribution < 1.29 is 19.1 Å². The van der Waals surface area contributed by atoms with Crippen molar-refractivity contribution in [2.24, 2.45) is 0 Å². The maximum atomic E-state index is 12.1. The van der Waals surface area contributed by atoms with Crippen molar-refractivity contribution in [1.29, 1.82) is 0 Å². The standard InChI is InChI=1S/C19H23N5O4/c25-18(16-5-3-7-27-16)22-17-10-15(23-24-17)12-8-14(9-12)28-19(26)21-11-13-4-1-2-6-20-13/h1-2,4,6,10,12,14,16H,3,5,7-9,11H2,(H,21,26)(H2,22,23,24,25)/t12-,14+,16-/m1/s1. The Morgan fingerprint density at radius 1 is 1.32 bits per heavy atom. The van der Waals surface area contributed by atoms with Crippen LogP contribution in [0, 0.1) is 0 Å². The Bertz CT molecular complexity index is 813. The molecule has 0 unspecified atom stereocenters. The summed E-state index contributed by atoms with van der Waals surface area (Å²) in [7, 11) is 0. The highest BCUT2D eigenvalue weighted by molar-refractivity contribution is 5.93. The molecule has 1 atom stereocenters. The van der Waals surface area contributed by atoms with Crippen LogP contribution in [0.3, 0.4) is 0 Å². The molecule has 2 aliphatic rings. The van der Waals surface area contributed by atoms with Crippen molar-refractivity contribution in [3.8, 4) is 0 Å². The number of pyridine rings is 1. The van der Waals surface area contributed by atoms with Gasteiger partial charge in [0.25, 0.3) is 5.91 Å². The highest BCUT2D eigenvalue weighted by atomic mass is 16.6. The fourth-order valence-corrected chi connectivity index (χ4v) is 3.37. The van der Waals surface area contributed by atoms with E-state index in [9.17, 15) is 9.59 Å². The van der Waals surface area contributed by atoms with Gasteiger partial charge in [-0.25, -0.2) is 4.79 Å². The van der Waals surface area contributed by atoms with Crippen LogP contribution in [0.2, 0.25) is 0 Å². The third-order valence-corrected chi connectivity index (χ3v) is 5.00. The van der Waals surface area contributed by atoms with Gasteiger partial charge in [-0.3, -0.25) is 14.9 Å². The summed E-state index contributed by atoms with van der Waals surface area (Å²) in [6.45, 7) is 0.966. The highest BCUT2D eigenvalue weighted by Gasteiger charge is 2.35. The second kappa shape index (κ2) is 8.39. The highest BCUT2D eigenvalue weighted by Crippen LogP contribution is 2.38. The van der Waals surface area contributed by atoms with E-state index in [0.29, 0.717) is 31.8 Å². The first-order valence-electron chi connectivity index (χ1n) is 9.49. The number of alkyl carbamates (subject to hydrolysis) is 1. The molecule has 2 fully saturated rings. The number of hydrogen-bond donors (Lipinski definition) is 3. The molecule has 2 amide bonds. The molecule has 0 bridgehead atoms. The molecule has 9 nitrogen and oxygen atoms in total. The molecule has 0 spiro atoms. The van der Waals surface area contributed by atoms with E-state index in [2.05, 4.69) is 25.8 Å². The molecule has 1 saturated carbocycles. The van der Waals surface area contributed by atoms with Crippen LogP contribution in [0.4, 0.5) is 10.6 Å². The van der Waals surface area contributed by atoms with Gasteiger partial charge in [0.15, 0.2) is 0 Å². The monoisotopic (exact) mass is 385 g/mol. The van der Waals surface area contributed by atoms with Crippen LogP contribution in [0.15, 0.2) is 30.5 Å². The van der Waals surface area contributed by atoms with Gasteiger partial charge < -0.3 is 20.1 Å². The summed E-state index contributed by atoms with van der Waals surface area (Å²) < 4.78 is 10.8. The number of nitrogens with one attached hydrogen (secondary N) is 3. The fraction of sp³-hybridized carbons (Fsp3) is 0.474. The number of aromatic nitrogens is 3. The van der Waals surface area contributed by atoms with Crippen LogP contribution in [0.5, 0.6) is 0 Å². The number of rotatable bonds is 6. The van der Waals surface area contributed by atoms with E-state index in [-0.39, 0.29) is 24.0 Å². The molecule has 0 radical (unpaired) electrons. The van der Waals surface area contributed by atoms with E-state index in [1.54, 1.807) is 6.20 Å². The van der Waals surface area contributed by atoms with Crippen molar-refractivity contribution in [2.45, 2.75) is 50.4 Å². The lowest BCUT2D eigenvalue weighted by Crippen LogP contribution is -2.36. The summed E-state index contributed by atoms with van der Waals surface area (Å²) in [6, 6.07) is 7.36. The Hall–Kier alpha value is -2.94. The molecule has 2 aromatic rings. The molecule has 1 saturated heterocycles. The van der Waals surface area contributed by atoms with E-state index in [1.165, 1.54) is 0 Å². The minimum absolute atomic E-state index is 0.129. The Morgan fingerprint density at radius 3 is 2.96 bits per heavy atom. The van der Waals surface area contributed by atoms with Gasteiger partial charge in [-0.1, -0.05) is 6.07 Å². The number of nitrogens with zero attached hydrogens (tertiary/aromatic N) is 2. The van der Waals surface area contributed by atoms with Gasteiger partial charge in [-0.05, 0) is 37.8 Å². The molecule has 28 heavy (non-hydrogen) atoms. The molecular formula is C19H23N5O4. The predicted molar refractivity (Wildman–Crippen MR) is 99.5 cm³/mol. The van der Waals surface area contributed by atoms with E-state index in [0.717, 1.165) is 24.2 Å². The first kappa shape index (κ1) is 18.4. The maximum absolute atomic E-state index is 12.1. The quantitative estimate of drug-likeness (QED) is 0.701. The Labute approximate surface area is 162 Å². The zero-order valence-corrected chi connectivity index (χ0v) is 15.4. The SMILES string of the molecule is O=C(NCc1ccccn1)O[C@H]1C[C@@H](c2cc(NC(=O)[C@H]3CCCO3)[nH]n2)C1. The Morgan fingerprint density at radius 2 is 2.21 bits per heavy atom. The van der Waals surface area contributed by atoms with Gasteiger partial charge >= 0.3 is 6.09 Å². The van der Waals surface area contributed by atoms with E-state index < -0.39 is 6.09 Å². The van der Waals surface area contributed by atoms with E-state index in [1.807, 2.05) is 24.3 Å². The third kappa shape index (κ3) is 4.48. The zero-order chi connectivity index (χ0) is 19.3. The van der Waals surface area contributed by atoms with Gasteiger partial charge in [0.1, 0.15) is 18.0 Å². The molecule has 4 rings (SSSR count). The maximum Gasteiger partial charge on any atom is 0.407 e. The first-order chi connectivity index (χ1) is 13.7. The summed E-state index contributed by atoms with van der Waals surface area (Å²) in [6.07, 6.45) is 3.80. The number of aromatic amines is 1. The molecule has 2 aromatic heterocycles. The number of anilines is 1. The number of carbonyl (C=O) groups excluding carboxylic acids is 2. The van der Waals surface area contributed by atoms with Crippen LogP contribution in [0.1, 0.15) is 43.0 Å². The van der Waals surface area contributed by atoms with Crippen LogP contribution < -0.4 is 10.6 Å². The fourth-order valence-electron chi connectivity index (χ4n) is 3.37. The molecule has 3 heterocycles. The minimum Gasteiger partial charge on any atom is -0.446 e. The average Bonchev–Trinajstić information content (AvgIpc) is 3.35. The van der Waals surface area contributed by atoms with E-state index in [4.69, 9.17) is 9.47 Å². The van der Waals surface area contributed by atoms with Gasteiger partial charge in [0.05, 0.1) is 17.9 Å². The van der Waals surface area contributed by atoms with Gasteiger partial charge in [0, 0.05) is 24.8 Å². The van der Waals surface area contributed by atoms with Gasteiger partial charge in [-0.2, -0.15) is 5.10 Å². The lowest BCUT2D eigenvalue weighted by molar-refractivity contribution is -0.124. The van der Waals surface area contributed by atoms with Crippen molar-refractivity contribution in [3.63, 3.8) is 0 Å². The number of H-pyrrole nitrogens is 1. The molecule has 148 valence electrons. The lowest BCUT2D eigenvalue weighted by Gasteiger charge is -2.33. The zero-order valence-electron chi connectivity index (χ0n) is 15.4.